The minimum atomic E-state index is -0.0164. The summed E-state index contributed by atoms with van der Waals surface area (Å²) in [6.07, 6.45) is 4.12. The molecule has 0 atom stereocenters. The van der Waals surface area contributed by atoms with Gasteiger partial charge < -0.3 is 4.57 Å². The van der Waals surface area contributed by atoms with Crippen LogP contribution in [0.3, 0.4) is 0 Å². The van der Waals surface area contributed by atoms with Crippen LogP contribution >= 0.6 is 11.8 Å². The second kappa shape index (κ2) is 7.32. The molecular formula is C23H23N3OS. The molecule has 0 spiro atoms. The Hall–Kier alpha value is -2.79. The number of benzene rings is 2. The quantitative estimate of drug-likeness (QED) is 0.534. The van der Waals surface area contributed by atoms with Gasteiger partial charge in [0.15, 0.2) is 5.17 Å². The highest BCUT2D eigenvalue weighted by Crippen LogP contribution is 2.35. The number of rotatable bonds is 3. The lowest BCUT2D eigenvalue weighted by atomic mass is 10.1. The highest BCUT2D eigenvalue weighted by Gasteiger charge is 2.30. The number of para-hydroxylation sites is 1. The van der Waals surface area contributed by atoms with Crippen LogP contribution in [0.4, 0.5) is 5.69 Å². The van der Waals surface area contributed by atoms with Gasteiger partial charge in [0.05, 0.1) is 10.6 Å². The summed E-state index contributed by atoms with van der Waals surface area (Å²) in [5, 5.41) is 1.86. The van der Waals surface area contributed by atoms with E-state index in [1.165, 1.54) is 22.8 Å². The Bertz CT molecular complexity index is 1110. The van der Waals surface area contributed by atoms with E-state index in [1.807, 2.05) is 49.4 Å². The summed E-state index contributed by atoms with van der Waals surface area (Å²) in [5.41, 5.74) is 4.28. The fourth-order valence-corrected chi connectivity index (χ4v) is 4.27. The van der Waals surface area contributed by atoms with E-state index in [2.05, 4.69) is 41.7 Å². The first-order chi connectivity index (χ1) is 13.4. The minimum absolute atomic E-state index is 0.0164. The summed E-state index contributed by atoms with van der Waals surface area (Å²) in [7, 11) is 1.78. The zero-order chi connectivity index (χ0) is 19.8. The maximum Gasteiger partial charge on any atom is 0.266 e. The number of fused-ring (bicyclic) bond motifs is 1. The largest absolute Gasteiger partial charge is 0.344 e. The maximum absolute atomic E-state index is 12.8. The van der Waals surface area contributed by atoms with Crippen LogP contribution in [0.15, 0.2) is 64.6 Å². The number of likely N-dealkylation sites (N-methyl/N-ethyl adjacent to an activating group) is 1. The van der Waals surface area contributed by atoms with Gasteiger partial charge in [-0.2, -0.15) is 0 Å². The third kappa shape index (κ3) is 3.38. The minimum Gasteiger partial charge on any atom is -0.344 e. The lowest BCUT2D eigenvalue weighted by Crippen LogP contribution is -2.23. The molecule has 3 aromatic rings. The van der Waals surface area contributed by atoms with Crippen LogP contribution in [0.1, 0.15) is 31.0 Å². The summed E-state index contributed by atoms with van der Waals surface area (Å²) >= 11 is 1.43. The van der Waals surface area contributed by atoms with Crippen LogP contribution < -0.4 is 0 Å². The third-order valence-corrected chi connectivity index (χ3v) is 5.94. The highest BCUT2D eigenvalue weighted by atomic mass is 32.2. The van der Waals surface area contributed by atoms with Crippen molar-refractivity contribution in [3.8, 4) is 0 Å². The monoisotopic (exact) mass is 389 g/mol. The number of nitrogens with zero attached hydrogens (tertiary/aromatic N) is 3. The van der Waals surface area contributed by atoms with Crippen molar-refractivity contribution in [1.29, 1.82) is 0 Å². The smallest absolute Gasteiger partial charge is 0.266 e. The zero-order valence-corrected chi connectivity index (χ0v) is 17.3. The van der Waals surface area contributed by atoms with E-state index in [9.17, 15) is 4.79 Å². The molecule has 2 aromatic carbocycles. The normalized spacial score (nSPS) is 17.6. The van der Waals surface area contributed by atoms with Crippen LogP contribution in [0.25, 0.3) is 17.0 Å². The number of aromatic nitrogens is 1. The van der Waals surface area contributed by atoms with E-state index in [1.54, 1.807) is 11.9 Å². The van der Waals surface area contributed by atoms with Gasteiger partial charge in [-0.15, -0.1) is 0 Å². The van der Waals surface area contributed by atoms with Crippen LogP contribution in [-0.2, 0) is 4.79 Å². The van der Waals surface area contributed by atoms with Gasteiger partial charge in [0.2, 0.25) is 0 Å². The molecule has 1 fully saturated rings. The molecule has 1 amide bonds. The van der Waals surface area contributed by atoms with Crippen LogP contribution in [-0.4, -0.2) is 27.6 Å². The first kappa shape index (κ1) is 18.6. The third-order valence-electron chi connectivity index (χ3n) is 4.88. The molecule has 4 nitrogen and oxygen atoms in total. The van der Waals surface area contributed by atoms with Crippen molar-refractivity contribution in [3.63, 3.8) is 0 Å². The molecule has 0 radical (unpaired) electrons. The Morgan fingerprint density at radius 1 is 1.07 bits per heavy atom. The van der Waals surface area contributed by atoms with Crippen molar-refractivity contribution in [1.82, 2.24) is 9.47 Å². The molecule has 5 heteroatoms. The number of carbonyl (C=O) groups is 1. The van der Waals surface area contributed by atoms with Crippen molar-refractivity contribution in [2.75, 3.05) is 7.05 Å². The van der Waals surface area contributed by atoms with E-state index < -0.39 is 0 Å². The number of amides is 1. The maximum atomic E-state index is 12.8. The average Bonchev–Trinajstić information content (AvgIpc) is 3.18. The van der Waals surface area contributed by atoms with E-state index in [-0.39, 0.29) is 5.91 Å². The van der Waals surface area contributed by atoms with Crippen molar-refractivity contribution in [3.05, 3.63) is 70.8 Å². The molecule has 0 saturated carbocycles. The van der Waals surface area contributed by atoms with Crippen LogP contribution in [0.2, 0.25) is 0 Å². The molecule has 142 valence electrons. The molecule has 2 heterocycles. The number of hydrogen-bond acceptors (Lipinski definition) is 3. The van der Waals surface area contributed by atoms with Gasteiger partial charge in [-0.3, -0.25) is 9.69 Å². The van der Waals surface area contributed by atoms with Crippen LogP contribution in [0.5, 0.6) is 0 Å². The highest BCUT2D eigenvalue weighted by molar-refractivity contribution is 8.18. The Balaban J connectivity index is 1.72. The number of aliphatic imine (C=N–C) groups is 1. The van der Waals surface area contributed by atoms with Gasteiger partial charge in [-0.05, 0) is 56.8 Å². The van der Waals surface area contributed by atoms with Gasteiger partial charge in [-0.25, -0.2) is 4.99 Å². The zero-order valence-electron chi connectivity index (χ0n) is 16.5. The van der Waals surface area contributed by atoms with Crippen molar-refractivity contribution in [2.24, 2.45) is 4.99 Å². The standard InChI is InChI=1S/C23H23N3OS/c1-15(2)26-14-17(19-7-5-6-8-20(19)26)13-21-22(27)25(4)23(28-21)24-18-11-9-16(3)10-12-18/h5-15H,1-4H3/b21-13+,24-23?. The summed E-state index contributed by atoms with van der Waals surface area (Å²) < 4.78 is 2.25. The first-order valence-electron chi connectivity index (χ1n) is 9.36. The molecule has 0 bridgehead atoms. The van der Waals surface area contributed by atoms with Crippen molar-refractivity contribution < 1.29 is 4.79 Å². The van der Waals surface area contributed by atoms with E-state index in [0.29, 0.717) is 16.1 Å². The van der Waals surface area contributed by atoms with Gasteiger partial charge in [-0.1, -0.05) is 35.9 Å². The Kier molecular flexibility index (Phi) is 4.85. The number of hydrogen-bond donors (Lipinski definition) is 0. The fourth-order valence-electron chi connectivity index (χ4n) is 3.30. The summed E-state index contributed by atoms with van der Waals surface area (Å²) in [6, 6.07) is 16.7. The number of carbonyl (C=O) groups excluding carboxylic acids is 1. The van der Waals surface area contributed by atoms with Gasteiger partial charge in [0, 0.05) is 35.8 Å². The van der Waals surface area contributed by atoms with Gasteiger partial charge in [0.1, 0.15) is 0 Å². The predicted molar refractivity (Wildman–Crippen MR) is 119 cm³/mol. The summed E-state index contributed by atoms with van der Waals surface area (Å²) in [6.45, 7) is 6.38. The first-order valence-corrected chi connectivity index (χ1v) is 10.2. The van der Waals surface area contributed by atoms with E-state index >= 15 is 0 Å². The molecule has 28 heavy (non-hydrogen) atoms. The summed E-state index contributed by atoms with van der Waals surface area (Å²) in [5.74, 6) is -0.0164. The summed E-state index contributed by atoms with van der Waals surface area (Å²) in [4.78, 5) is 19.8. The molecule has 0 N–H and O–H groups in total. The fraction of sp³-hybridized carbons (Fsp3) is 0.217. The molecule has 1 aromatic heterocycles. The lowest BCUT2D eigenvalue weighted by molar-refractivity contribution is -0.121. The van der Waals surface area contributed by atoms with Crippen molar-refractivity contribution >= 4 is 45.5 Å². The van der Waals surface area contributed by atoms with E-state index in [4.69, 9.17) is 0 Å². The molecule has 0 unspecified atom stereocenters. The molecule has 1 aliphatic rings. The lowest BCUT2D eigenvalue weighted by Gasteiger charge is -2.08. The predicted octanol–water partition coefficient (Wildman–Crippen LogP) is 5.76. The van der Waals surface area contributed by atoms with Crippen LogP contribution in [0, 0.1) is 6.92 Å². The Morgan fingerprint density at radius 3 is 2.50 bits per heavy atom. The second-order valence-electron chi connectivity index (χ2n) is 7.31. The number of thioether (sulfide) groups is 1. The molecular weight excluding hydrogens is 366 g/mol. The molecule has 1 saturated heterocycles. The SMILES string of the molecule is Cc1ccc(N=C2S/C(=C/c3cn(C(C)C)c4ccccc34)C(=O)N2C)cc1. The van der Waals surface area contributed by atoms with E-state index in [0.717, 1.165) is 16.6 Å². The molecule has 4 rings (SSSR count). The Labute approximate surface area is 169 Å². The topological polar surface area (TPSA) is 37.6 Å². The molecule has 0 aliphatic carbocycles. The van der Waals surface area contributed by atoms with Gasteiger partial charge in [0.25, 0.3) is 5.91 Å². The Morgan fingerprint density at radius 2 is 1.79 bits per heavy atom. The number of aryl methyl sites for hydroxylation is 1. The van der Waals surface area contributed by atoms with Crippen molar-refractivity contribution in [2.45, 2.75) is 26.8 Å². The average molecular weight is 390 g/mol. The molecule has 1 aliphatic heterocycles. The van der Waals surface area contributed by atoms with Gasteiger partial charge >= 0.3 is 0 Å². The second-order valence-corrected chi connectivity index (χ2v) is 8.32. The number of amidine groups is 1.